The van der Waals surface area contributed by atoms with Crippen molar-refractivity contribution in [3.8, 4) is 11.3 Å². The van der Waals surface area contributed by atoms with E-state index in [1.165, 1.54) is 178 Å². The zero-order valence-electron chi connectivity index (χ0n) is 71.8. The lowest BCUT2D eigenvalue weighted by Gasteiger charge is -2.20. The Kier molecular flexibility index (Phi) is 86.7. The van der Waals surface area contributed by atoms with Gasteiger partial charge in [0.15, 0.2) is 0 Å². The molecule has 2 aliphatic heterocycles. The van der Waals surface area contributed by atoms with Crippen molar-refractivity contribution in [3.05, 3.63) is 101 Å². The third-order valence-corrected chi connectivity index (χ3v) is 20.1. The number of hydrogen-bond acceptors (Lipinski definition) is 19. The molecule has 3 saturated carbocycles. The van der Waals surface area contributed by atoms with Crippen molar-refractivity contribution >= 4 is 34.3 Å². The Morgan fingerprint density at radius 1 is 0.514 bits per heavy atom. The molecule has 5 fully saturated rings. The topological polar surface area (TPSA) is 420 Å². The summed E-state index contributed by atoms with van der Waals surface area (Å²) >= 11 is 7.89. The molecular weight excluding hydrogens is 1390 g/mol. The van der Waals surface area contributed by atoms with Gasteiger partial charge in [-0.2, -0.15) is 11.8 Å². The fourth-order valence-corrected chi connectivity index (χ4v) is 12.9. The van der Waals surface area contributed by atoms with E-state index in [0.717, 1.165) is 191 Å². The Balaban J connectivity index is -0.000000552. The molecule has 0 amide bonds. The number of para-hydroxylation sites is 1. The van der Waals surface area contributed by atoms with Crippen LogP contribution in [0, 0.1) is 47.3 Å². The molecule has 18 nitrogen and oxygen atoms in total. The van der Waals surface area contributed by atoms with Crippen LogP contribution < -0.4 is 80.3 Å². The van der Waals surface area contributed by atoms with Gasteiger partial charge in [-0.05, 0) is 289 Å². The number of ether oxygens (including phenoxy) is 1. The summed E-state index contributed by atoms with van der Waals surface area (Å²) < 4.78 is 10.6. The van der Waals surface area contributed by atoms with Crippen LogP contribution in [0.5, 0.6) is 0 Å². The zero-order chi connectivity index (χ0) is 82.4. The lowest BCUT2D eigenvalue weighted by molar-refractivity contribution is 0.0646. The van der Waals surface area contributed by atoms with E-state index in [-0.39, 0.29) is 6.10 Å². The SMILES string of the molecule is CC(C)CCC(C)N.CC(C)CCN.CC(C)CN.CCCC(O)CN.CCCCCN.CCN.NCC1CC1.NCCC1=CCCC1.NCCC1CCCC1.NCCC1CCCCC1.NCCC1CCOCC1.NCCC1CCSCC1.NCc1cc2ccccc2o1.NCc1ccc(-c2ccc(Cl)cc2)nc1. The number of aliphatic hydroxyl groups is 1. The van der Waals surface area contributed by atoms with Gasteiger partial charge in [-0.25, -0.2) is 0 Å². The number of benzene rings is 2. The first-order chi connectivity index (χ1) is 52.6. The monoisotopic (exact) mass is 1570 g/mol. The molecule has 10 rings (SSSR count). The van der Waals surface area contributed by atoms with Gasteiger partial charge in [0.05, 0.1) is 18.3 Å². The number of fused-ring (bicyclic) bond motifs is 1. The molecule has 2 unspecified atom stereocenters. The van der Waals surface area contributed by atoms with Crippen LogP contribution in [0.15, 0.2) is 89.0 Å². The molecule has 4 aliphatic carbocycles. The van der Waals surface area contributed by atoms with Crippen LogP contribution in [0.25, 0.3) is 22.2 Å². The van der Waals surface area contributed by atoms with Gasteiger partial charge in [0, 0.05) is 54.5 Å². The maximum atomic E-state index is 8.73. The van der Waals surface area contributed by atoms with Crippen LogP contribution in [0.4, 0.5) is 0 Å². The molecule has 640 valence electrons. The van der Waals surface area contributed by atoms with Crippen molar-refractivity contribution in [1.82, 2.24) is 4.98 Å². The highest BCUT2D eigenvalue weighted by Gasteiger charge is 2.18. The highest BCUT2D eigenvalue weighted by molar-refractivity contribution is 7.99. The quantitative estimate of drug-likeness (QED) is 0.0205. The summed E-state index contributed by atoms with van der Waals surface area (Å²) in [4.78, 5) is 4.33. The molecule has 29 N–H and O–H groups in total. The number of thioether (sulfide) groups is 1. The van der Waals surface area contributed by atoms with Crippen molar-refractivity contribution in [2.75, 3.05) is 96.7 Å². The Morgan fingerprint density at radius 3 is 1.38 bits per heavy atom. The first-order valence-electron chi connectivity index (χ1n) is 43.2. The van der Waals surface area contributed by atoms with Crippen LogP contribution >= 0.6 is 23.4 Å². The molecule has 2 aromatic heterocycles. The molecule has 6 aliphatic rings. The molecule has 0 bridgehead atoms. The van der Waals surface area contributed by atoms with Crippen LogP contribution in [-0.4, -0.2) is 119 Å². The van der Waals surface area contributed by atoms with Crippen molar-refractivity contribution in [2.45, 2.75) is 294 Å². The van der Waals surface area contributed by atoms with Gasteiger partial charge in [0.25, 0.3) is 0 Å². The van der Waals surface area contributed by atoms with E-state index in [4.69, 9.17) is 106 Å². The van der Waals surface area contributed by atoms with Crippen LogP contribution in [0.1, 0.15) is 280 Å². The number of pyridine rings is 1. The predicted molar refractivity (Wildman–Crippen MR) is 484 cm³/mol. The largest absolute Gasteiger partial charge is 0.460 e. The van der Waals surface area contributed by atoms with Crippen molar-refractivity contribution in [2.24, 2.45) is 128 Å². The fourth-order valence-electron chi connectivity index (χ4n) is 11.5. The first kappa shape index (κ1) is 112. The van der Waals surface area contributed by atoms with Crippen LogP contribution in [0.2, 0.25) is 5.02 Å². The number of halogens is 1. The normalized spacial score (nSPS) is 15.7. The van der Waals surface area contributed by atoms with E-state index < -0.39 is 0 Å². The number of allylic oxidation sites excluding steroid dienone is 1. The second kappa shape index (κ2) is 84.3. The summed E-state index contributed by atoms with van der Waals surface area (Å²) in [6, 6.07) is 21.8. The predicted octanol–water partition coefficient (Wildman–Crippen LogP) is 16.8. The summed E-state index contributed by atoms with van der Waals surface area (Å²) in [6.07, 6.45) is 44.1. The zero-order valence-corrected chi connectivity index (χ0v) is 73.4. The number of nitrogens with zero attached hydrogens (tertiary/aromatic N) is 1. The van der Waals surface area contributed by atoms with Gasteiger partial charge >= 0.3 is 0 Å². The lowest BCUT2D eigenvalue weighted by Crippen LogP contribution is -2.18. The number of hydrogen-bond donors (Lipinski definition) is 15. The summed E-state index contributed by atoms with van der Waals surface area (Å²) in [6.45, 7) is 32.9. The van der Waals surface area contributed by atoms with Gasteiger partial charge in [0.2, 0.25) is 0 Å². The molecule has 0 radical (unpaired) electrons. The van der Waals surface area contributed by atoms with E-state index in [1.54, 1.807) is 11.8 Å². The Hall–Kier alpha value is -3.13. The van der Waals surface area contributed by atoms with Crippen molar-refractivity contribution in [1.29, 1.82) is 0 Å². The van der Waals surface area contributed by atoms with Gasteiger partial charge in [-0.1, -0.05) is 199 Å². The number of unbranched alkanes of at least 4 members (excludes halogenated alkanes) is 2. The second-order valence-corrected chi connectivity index (χ2v) is 32.6. The third kappa shape index (κ3) is 77.2. The maximum absolute atomic E-state index is 8.73. The summed E-state index contributed by atoms with van der Waals surface area (Å²) in [5, 5.41) is 10.6. The molecule has 0 spiro atoms. The molecule has 2 aromatic carbocycles. The van der Waals surface area contributed by atoms with Gasteiger partial charge in [-0.15, -0.1) is 0 Å². The highest BCUT2D eigenvalue weighted by atomic mass is 35.5. The number of nitrogens with two attached hydrogens (primary N) is 14. The van der Waals surface area contributed by atoms with E-state index in [2.05, 4.69) is 78.2 Å². The number of aromatic nitrogens is 1. The minimum absolute atomic E-state index is 0.273. The summed E-state index contributed by atoms with van der Waals surface area (Å²) in [7, 11) is 0. The molecule has 20 heteroatoms. The Bertz CT molecular complexity index is 2330. The summed E-state index contributed by atoms with van der Waals surface area (Å²) in [5.41, 5.74) is 79.9. The van der Waals surface area contributed by atoms with Gasteiger partial charge < -0.3 is 94.5 Å². The van der Waals surface area contributed by atoms with Gasteiger partial charge in [0.1, 0.15) is 11.3 Å². The molecule has 109 heavy (non-hydrogen) atoms. The average Bonchev–Trinajstić information content (AvgIpc) is 1.75. The molecule has 2 saturated heterocycles. The van der Waals surface area contributed by atoms with Crippen molar-refractivity contribution in [3.63, 3.8) is 0 Å². The van der Waals surface area contributed by atoms with E-state index in [9.17, 15) is 0 Å². The minimum atomic E-state index is -0.273. The Morgan fingerprint density at radius 2 is 1.04 bits per heavy atom. The smallest absolute Gasteiger partial charge is 0.134 e. The van der Waals surface area contributed by atoms with Gasteiger partial charge in [-0.3, -0.25) is 4.98 Å². The fraction of sp³-hybridized carbons (Fsp3) is 0.764. The van der Waals surface area contributed by atoms with E-state index >= 15 is 0 Å². The molecule has 4 heterocycles. The molecular formula is C89H178ClN15O3S. The lowest BCUT2D eigenvalue weighted by atomic mass is 9.87. The Labute approximate surface area is 679 Å². The minimum Gasteiger partial charge on any atom is -0.460 e. The average molecular weight is 1570 g/mol. The van der Waals surface area contributed by atoms with E-state index in [0.29, 0.717) is 31.6 Å². The van der Waals surface area contributed by atoms with E-state index in [1.807, 2.05) is 80.6 Å². The number of aliphatic hydroxyl groups excluding tert-OH is 1. The van der Waals surface area contributed by atoms with Crippen LogP contribution in [-0.2, 0) is 17.8 Å². The molecule has 2 atom stereocenters. The highest BCUT2D eigenvalue weighted by Crippen LogP contribution is 2.29. The van der Waals surface area contributed by atoms with Crippen LogP contribution in [0.3, 0.4) is 0 Å². The first-order valence-corrected chi connectivity index (χ1v) is 44.7. The standard InChI is InChI=1S/C12H11ClN2.C9H9NO.C8H17N.C7H15NO.C7H15NS.C7H15N.C7H13N.C7H17N.C5H13NO.2C5H13N.C4H9N.C4H11N.C2H7N/c13-11-4-2-10(3-5-11)12-6-1-9(7-14)8-15-12;10-6-8-5-7-3-1-2-4-9(7)11-8;9-7-6-8-4-2-1-3-5-8;2*8-4-1-7-2-5-9-6-3-7;2*8-6-5-7-3-1-2-4-7;1-6(2)4-5-7(3)8;1-2-3-5(7)4-6;1-5(2)3-4-6;1-2-3-4-5-6;5-3-4-1-2-4;1-4(2)3-5;1-2-3/h1-6,8H,7,14H2;1-5H,6,10H2;8H,1-7,9H2;2*7H,1-6,8H2;7H,1-6,8H2;3H,1-2,4-6,8H2;6-7H,4-5,8H2,1-3H3;5,7H,2-4,6H2,1H3;5H,3-4,6H2,1-2H3;2-6H2,1H3;4H,1-3,5H2;4H,3,5H2,1-2H3;2-3H2,1H3. The summed E-state index contributed by atoms with van der Waals surface area (Å²) in [5.74, 6) is 10.5. The second-order valence-electron chi connectivity index (χ2n) is 30.9. The molecule has 4 aromatic rings. The number of rotatable bonds is 26. The number of furan rings is 1. The maximum Gasteiger partial charge on any atom is 0.134 e. The van der Waals surface area contributed by atoms with Crippen molar-refractivity contribution < 1.29 is 14.3 Å². The third-order valence-electron chi connectivity index (χ3n) is 18.8.